The van der Waals surface area contributed by atoms with Crippen LogP contribution in [0.2, 0.25) is 0 Å². The Labute approximate surface area is 90.9 Å². The fraction of sp³-hybridized carbons (Fsp3) is 0.500. The van der Waals surface area contributed by atoms with Crippen molar-refractivity contribution in [2.45, 2.75) is 26.7 Å². The molecule has 15 heavy (non-hydrogen) atoms. The monoisotopic (exact) mass is 210 g/mol. The maximum absolute atomic E-state index is 13.2. The van der Waals surface area contributed by atoms with E-state index in [0.717, 1.165) is 31.6 Å². The van der Waals surface area contributed by atoms with Gasteiger partial charge in [0.2, 0.25) is 0 Å². The molecule has 0 unspecified atom stereocenters. The second kappa shape index (κ2) is 5.59. The first-order chi connectivity index (χ1) is 7.19. The summed E-state index contributed by atoms with van der Waals surface area (Å²) in [5.74, 6) is -0.331. The highest BCUT2D eigenvalue weighted by Crippen LogP contribution is 2.20. The Kier molecular flexibility index (Phi) is 4.40. The number of hydrogen-bond donors (Lipinski definition) is 1. The Morgan fingerprint density at radius 1 is 1.33 bits per heavy atom. The minimum atomic E-state index is -0.331. The molecule has 1 aromatic carbocycles. The minimum absolute atomic E-state index is 0.213. The van der Waals surface area contributed by atoms with Crippen LogP contribution in [0.25, 0.3) is 0 Å². The molecule has 84 valence electrons. The Hall–Kier alpha value is -1.25. The van der Waals surface area contributed by atoms with Crippen molar-refractivity contribution in [1.82, 2.24) is 0 Å². The summed E-state index contributed by atoms with van der Waals surface area (Å²) in [7, 11) is 0. The zero-order valence-corrected chi connectivity index (χ0v) is 9.46. The van der Waals surface area contributed by atoms with Gasteiger partial charge in [-0.05, 0) is 31.5 Å². The van der Waals surface area contributed by atoms with Crippen LogP contribution in [0.4, 0.5) is 15.8 Å². The molecule has 0 aliphatic carbocycles. The van der Waals surface area contributed by atoms with Crippen LogP contribution in [0.5, 0.6) is 0 Å². The molecular weight excluding hydrogens is 191 g/mol. The molecule has 0 aromatic heterocycles. The molecular formula is C12H19FN2. The molecule has 0 saturated carbocycles. The Morgan fingerprint density at radius 2 is 2.07 bits per heavy atom. The van der Waals surface area contributed by atoms with Gasteiger partial charge in [-0.1, -0.05) is 13.3 Å². The van der Waals surface area contributed by atoms with Crippen LogP contribution >= 0.6 is 0 Å². The standard InChI is InChI=1S/C12H19FN2/c1-3-5-8-15(4-2)10-6-7-12(14)11(13)9-10/h6-7,9H,3-5,8,14H2,1-2H3. The van der Waals surface area contributed by atoms with Gasteiger partial charge in [-0.15, -0.1) is 0 Å². The Balaban J connectivity index is 2.78. The van der Waals surface area contributed by atoms with Crippen LogP contribution in [-0.2, 0) is 0 Å². The van der Waals surface area contributed by atoms with Gasteiger partial charge in [0.1, 0.15) is 5.82 Å². The third-order valence-electron chi connectivity index (χ3n) is 2.51. The van der Waals surface area contributed by atoms with Gasteiger partial charge in [-0.25, -0.2) is 4.39 Å². The van der Waals surface area contributed by atoms with E-state index in [9.17, 15) is 4.39 Å². The van der Waals surface area contributed by atoms with E-state index in [1.54, 1.807) is 6.07 Å². The minimum Gasteiger partial charge on any atom is -0.396 e. The smallest absolute Gasteiger partial charge is 0.148 e. The van der Waals surface area contributed by atoms with Crippen molar-refractivity contribution in [3.8, 4) is 0 Å². The molecule has 2 nitrogen and oxygen atoms in total. The zero-order valence-electron chi connectivity index (χ0n) is 9.46. The van der Waals surface area contributed by atoms with Crippen LogP contribution < -0.4 is 10.6 Å². The summed E-state index contributed by atoms with van der Waals surface area (Å²) in [6, 6.07) is 5.01. The Morgan fingerprint density at radius 3 is 2.60 bits per heavy atom. The second-order valence-corrected chi connectivity index (χ2v) is 3.64. The number of benzene rings is 1. The SMILES string of the molecule is CCCCN(CC)c1ccc(N)c(F)c1. The van der Waals surface area contributed by atoms with E-state index in [0.29, 0.717) is 0 Å². The number of halogens is 1. The van der Waals surface area contributed by atoms with Gasteiger partial charge in [0.25, 0.3) is 0 Å². The lowest BCUT2D eigenvalue weighted by atomic mass is 10.2. The zero-order chi connectivity index (χ0) is 11.3. The molecule has 2 N–H and O–H groups in total. The fourth-order valence-corrected chi connectivity index (χ4v) is 1.53. The second-order valence-electron chi connectivity index (χ2n) is 3.64. The first kappa shape index (κ1) is 11.8. The number of anilines is 2. The lowest BCUT2D eigenvalue weighted by molar-refractivity contribution is 0.630. The molecule has 3 heteroatoms. The first-order valence-corrected chi connectivity index (χ1v) is 5.49. The third kappa shape index (κ3) is 3.11. The van der Waals surface area contributed by atoms with E-state index in [4.69, 9.17) is 5.73 Å². The number of unbranched alkanes of at least 4 members (excludes halogenated alkanes) is 1. The van der Waals surface area contributed by atoms with E-state index in [-0.39, 0.29) is 11.5 Å². The summed E-state index contributed by atoms with van der Waals surface area (Å²) in [6.45, 7) is 6.08. The number of hydrogen-bond acceptors (Lipinski definition) is 2. The van der Waals surface area contributed by atoms with Crippen LogP contribution in [0.1, 0.15) is 26.7 Å². The van der Waals surface area contributed by atoms with Crippen LogP contribution in [0.15, 0.2) is 18.2 Å². The quantitative estimate of drug-likeness (QED) is 0.757. The Bertz CT molecular complexity index is 312. The number of rotatable bonds is 5. The normalized spacial score (nSPS) is 10.3. The maximum Gasteiger partial charge on any atom is 0.148 e. The molecule has 1 rings (SSSR count). The maximum atomic E-state index is 13.2. The van der Waals surface area contributed by atoms with E-state index >= 15 is 0 Å². The van der Waals surface area contributed by atoms with E-state index in [1.807, 2.05) is 6.07 Å². The molecule has 0 bridgehead atoms. The van der Waals surface area contributed by atoms with Gasteiger partial charge < -0.3 is 10.6 Å². The van der Waals surface area contributed by atoms with Crippen molar-refractivity contribution in [1.29, 1.82) is 0 Å². The van der Waals surface area contributed by atoms with Crippen molar-refractivity contribution in [3.63, 3.8) is 0 Å². The number of nitrogens with zero attached hydrogens (tertiary/aromatic N) is 1. The van der Waals surface area contributed by atoms with Crippen molar-refractivity contribution < 1.29 is 4.39 Å². The van der Waals surface area contributed by atoms with Crippen molar-refractivity contribution in [2.75, 3.05) is 23.7 Å². The van der Waals surface area contributed by atoms with E-state index < -0.39 is 0 Å². The molecule has 0 atom stereocenters. The summed E-state index contributed by atoms with van der Waals surface area (Å²) in [5.41, 5.74) is 6.56. The van der Waals surface area contributed by atoms with Crippen LogP contribution in [0.3, 0.4) is 0 Å². The number of nitrogens with two attached hydrogens (primary N) is 1. The summed E-state index contributed by atoms with van der Waals surface area (Å²) >= 11 is 0. The third-order valence-corrected chi connectivity index (χ3v) is 2.51. The molecule has 0 fully saturated rings. The number of nitrogen functional groups attached to an aromatic ring is 1. The predicted octanol–water partition coefficient (Wildman–Crippen LogP) is 3.03. The molecule has 0 amide bonds. The van der Waals surface area contributed by atoms with Gasteiger partial charge in [0.15, 0.2) is 0 Å². The predicted molar refractivity (Wildman–Crippen MR) is 63.6 cm³/mol. The molecule has 0 aliphatic rings. The van der Waals surface area contributed by atoms with E-state index in [1.165, 1.54) is 6.07 Å². The topological polar surface area (TPSA) is 29.3 Å². The fourth-order valence-electron chi connectivity index (χ4n) is 1.53. The van der Waals surface area contributed by atoms with Crippen molar-refractivity contribution >= 4 is 11.4 Å². The molecule has 0 radical (unpaired) electrons. The van der Waals surface area contributed by atoms with Gasteiger partial charge in [-0.2, -0.15) is 0 Å². The van der Waals surface area contributed by atoms with Gasteiger partial charge >= 0.3 is 0 Å². The highest BCUT2D eigenvalue weighted by molar-refractivity contribution is 5.54. The van der Waals surface area contributed by atoms with Crippen LogP contribution in [0, 0.1) is 5.82 Å². The summed E-state index contributed by atoms with van der Waals surface area (Å²) < 4.78 is 13.2. The molecule has 0 aliphatic heterocycles. The lowest BCUT2D eigenvalue weighted by Crippen LogP contribution is -2.23. The van der Waals surface area contributed by atoms with E-state index in [2.05, 4.69) is 18.7 Å². The summed E-state index contributed by atoms with van der Waals surface area (Å²) in [6.07, 6.45) is 2.27. The molecule has 0 spiro atoms. The highest BCUT2D eigenvalue weighted by Gasteiger charge is 2.06. The first-order valence-electron chi connectivity index (χ1n) is 5.49. The molecule has 0 heterocycles. The summed E-state index contributed by atoms with van der Waals surface area (Å²) in [4.78, 5) is 2.16. The van der Waals surface area contributed by atoms with Gasteiger partial charge in [0, 0.05) is 18.8 Å². The van der Waals surface area contributed by atoms with Gasteiger partial charge in [0.05, 0.1) is 5.69 Å². The lowest BCUT2D eigenvalue weighted by Gasteiger charge is -2.23. The average molecular weight is 210 g/mol. The summed E-state index contributed by atoms with van der Waals surface area (Å²) in [5, 5.41) is 0. The van der Waals surface area contributed by atoms with Gasteiger partial charge in [-0.3, -0.25) is 0 Å². The van der Waals surface area contributed by atoms with Crippen LogP contribution in [-0.4, -0.2) is 13.1 Å². The molecule has 0 saturated heterocycles. The van der Waals surface area contributed by atoms with Crippen molar-refractivity contribution in [2.24, 2.45) is 0 Å². The van der Waals surface area contributed by atoms with Crippen molar-refractivity contribution in [3.05, 3.63) is 24.0 Å². The highest BCUT2D eigenvalue weighted by atomic mass is 19.1. The molecule has 1 aromatic rings. The average Bonchev–Trinajstić information content (AvgIpc) is 2.24. The largest absolute Gasteiger partial charge is 0.396 e.